The van der Waals surface area contributed by atoms with Crippen LogP contribution in [-0.4, -0.2) is 54.4 Å². The summed E-state index contributed by atoms with van der Waals surface area (Å²) in [5.74, 6) is 1.16. The molecule has 1 saturated heterocycles. The van der Waals surface area contributed by atoms with E-state index in [1.807, 2.05) is 11.8 Å². The minimum absolute atomic E-state index is 0.0719. The highest BCUT2D eigenvalue weighted by atomic mass is 32.2. The second kappa shape index (κ2) is 4.98. The van der Waals surface area contributed by atoms with Gasteiger partial charge in [-0.15, -0.1) is 0 Å². The highest BCUT2D eigenvalue weighted by molar-refractivity contribution is 7.98. The molecule has 0 aliphatic carbocycles. The molecule has 0 spiro atoms. The van der Waals surface area contributed by atoms with Gasteiger partial charge in [0.05, 0.1) is 6.10 Å². The SMILES string of the molecule is CSCCNCN1CC(O)C1. The van der Waals surface area contributed by atoms with Gasteiger partial charge in [-0.1, -0.05) is 0 Å². The molecule has 0 aromatic carbocycles. The summed E-state index contributed by atoms with van der Waals surface area (Å²) >= 11 is 1.85. The number of aliphatic hydroxyl groups excluding tert-OH is 1. The van der Waals surface area contributed by atoms with Crippen molar-refractivity contribution in [3.8, 4) is 0 Å². The van der Waals surface area contributed by atoms with Crippen molar-refractivity contribution in [3.05, 3.63) is 0 Å². The molecule has 0 amide bonds. The Bertz CT molecular complexity index is 107. The van der Waals surface area contributed by atoms with Crippen LogP contribution in [0.3, 0.4) is 0 Å². The van der Waals surface area contributed by atoms with Crippen molar-refractivity contribution < 1.29 is 5.11 Å². The van der Waals surface area contributed by atoms with Crippen molar-refractivity contribution in [1.29, 1.82) is 0 Å². The van der Waals surface area contributed by atoms with Crippen molar-refractivity contribution >= 4 is 11.8 Å². The molecule has 0 radical (unpaired) electrons. The minimum Gasteiger partial charge on any atom is -0.390 e. The summed E-state index contributed by atoms with van der Waals surface area (Å²) in [5, 5.41) is 12.3. The summed E-state index contributed by atoms with van der Waals surface area (Å²) in [6.45, 7) is 3.67. The Morgan fingerprint density at radius 2 is 2.36 bits per heavy atom. The fourth-order valence-electron chi connectivity index (χ4n) is 1.08. The summed E-state index contributed by atoms with van der Waals surface area (Å²) < 4.78 is 0. The quantitative estimate of drug-likeness (QED) is 0.557. The lowest BCUT2D eigenvalue weighted by Gasteiger charge is -2.35. The molecule has 0 aromatic heterocycles. The molecule has 4 heteroatoms. The molecule has 0 aromatic rings. The second-order valence-electron chi connectivity index (χ2n) is 2.84. The van der Waals surface area contributed by atoms with Gasteiger partial charge in [0.15, 0.2) is 0 Å². The van der Waals surface area contributed by atoms with E-state index in [1.165, 1.54) is 0 Å². The van der Waals surface area contributed by atoms with Gasteiger partial charge in [-0.05, 0) is 6.26 Å². The molecule has 2 N–H and O–H groups in total. The van der Waals surface area contributed by atoms with Gasteiger partial charge in [0.2, 0.25) is 0 Å². The first-order valence-corrected chi connectivity index (χ1v) is 5.32. The predicted octanol–water partition coefficient (Wildman–Crippen LogP) is -0.427. The number of hydrogen-bond acceptors (Lipinski definition) is 4. The molecule has 0 bridgehead atoms. The Kier molecular flexibility index (Phi) is 4.22. The van der Waals surface area contributed by atoms with Gasteiger partial charge in [0, 0.05) is 32.1 Å². The van der Waals surface area contributed by atoms with Crippen LogP contribution in [0, 0.1) is 0 Å². The Labute approximate surface area is 72.2 Å². The van der Waals surface area contributed by atoms with Gasteiger partial charge in [0.25, 0.3) is 0 Å². The fourth-order valence-corrected chi connectivity index (χ4v) is 1.43. The molecule has 3 nitrogen and oxygen atoms in total. The van der Waals surface area contributed by atoms with Gasteiger partial charge in [-0.3, -0.25) is 4.90 Å². The van der Waals surface area contributed by atoms with Crippen LogP contribution in [0.4, 0.5) is 0 Å². The monoisotopic (exact) mass is 176 g/mol. The molecule has 1 rings (SSSR count). The maximum Gasteiger partial charge on any atom is 0.0794 e. The molecule has 0 atom stereocenters. The minimum atomic E-state index is -0.0719. The van der Waals surface area contributed by atoms with Crippen LogP contribution in [0.5, 0.6) is 0 Å². The molecule has 1 fully saturated rings. The lowest BCUT2D eigenvalue weighted by Crippen LogP contribution is -2.53. The van der Waals surface area contributed by atoms with Gasteiger partial charge >= 0.3 is 0 Å². The highest BCUT2D eigenvalue weighted by Crippen LogP contribution is 2.04. The number of β-amino-alcohol motifs (C(OH)–C–C–N with tert-alkyl or cyclic N) is 1. The van der Waals surface area contributed by atoms with Gasteiger partial charge < -0.3 is 10.4 Å². The molecule has 1 aliphatic rings. The topological polar surface area (TPSA) is 35.5 Å². The Balaban J connectivity index is 1.81. The third kappa shape index (κ3) is 3.42. The van der Waals surface area contributed by atoms with Crippen LogP contribution in [0.15, 0.2) is 0 Å². The molecule has 66 valence electrons. The van der Waals surface area contributed by atoms with Crippen LogP contribution >= 0.6 is 11.8 Å². The number of likely N-dealkylation sites (tertiary alicyclic amines) is 1. The van der Waals surface area contributed by atoms with E-state index >= 15 is 0 Å². The number of rotatable bonds is 5. The van der Waals surface area contributed by atoms with E-state index in [9.17, 15) is 0 Å². The molecular formula is C7H16N2OS. The number of nitrogens with one attached hydrogen (secondary N) is 1. The predicted molar refractivity (Wildman–Crippen MR) is 48.8 cm³/mol. The fraction of sp³-hybridized carbons (Fsp3) is 1.00. The Morgan fingerprint density at radius 1 is 1.64 bits per heavy atom. The highest BCUT2D eigenvalue weighted by Gasteiger charge is 2.22. The number of aliphatic hydroxyl groups is 1. The average Bonchev–Trinajstić information content (AvgIpc) is 1.94. The van der Waals surface area contributed by atoms with Crippen molar-refractivity contribution in [3.63, 3.8) is 0 Å². The van der Waals surface area contributed by atoms with Crippen LogP contribution in [-0.2, 0) is 0 Å². The molecule has 0 saturated carbocycles. The molecule has 1 aliphatic heterocycles. The molecule has 11 heavy (non-hydrogen) atoms. The van der Waals surface area contributed by atoms with E-state index in [1.54, 1.807) is 0 Å². The number of hydrogen-bond donors (Lipinski definition) is 2. The smallest absolute Gasteiger partial charge is 0.0794 e. The van der Waals surface area contributed by atoms with E-state index < -0.39 is 0 Å². The lowest BCUT2D eigenvalue weighted by atomic mass is 10.2. The van der Waals surface area contributed by atoms with E-state index in [4.69, 9.17) is 5.11 Å². The second-order valence-corrected chi connectivity index (χ2v) is 3.83. The number of nitrogens with zero attached hydrogens (tertiary/aromatic N) is 1. The van der Waals surface area contributed by atoms with E-state index in [2.05, 4.69) is 16.5 Å². The van der Waals surface area contributed by atoms with E-state index in [0.717, 1.165) is 32.1 Å². The van der Waals surface area contributed by atoms with Gasteiger partial charge in [-0.25, -0.2) is 0 Å². The maximum absolute atomic E-state index is 8.95. The summed E-state index contributed by atoms with van der Waals surface area (Å²) in [4.78, 5) is 2.20. The van der Waals surface area contributed by atoms with Gasteiger partial charge in [-0.2, -0.15) is 11.8 Å². The first kappa shape index (κ1) is 9.32. The zero-order valence-corrected chi connectivity index (χ0v) is 7.73. The third-order valence-electron chi connectivity index (χ3n) is 1.76. The van der Waals surface area contributed by atoms with E-state index in [0.29, 0.717) is 0 Å². The van der Waals surface area contributed by atoms with Crippen LogP contribution in [0.25, 0.3) is 0 Å². The zero-order valence-electron chi connectivity index (χ0n) is 6.92. The van der Waals surface area contributed by atoms with Crippen molar-refractivity contribution in [2.45, 2.75) is 6.10 Å². The van der Waals surface area contributed by atoms with Gasteiger partial charge in [0.1, 0.15) is 0 Å². The molecular weight excluding hydrogens is 160 g/mol. The molecule has 1 heterocycles. The standard InChI is InChI=1S/C7H16N2OS/c1-11-3-2-8-6-9-4-7(10)5-9/h7-8,10H,2-6H2,1H3. The Hall–Kier alpha value is 0.230. The summed E-state index contributed by atoms with van der Waals surface area (Å²) in [6.07, 6.45) is 2.03. The summed E-state index contributed by atoms with van der Waals surface area (Å²) in [5.41, 5.74) is 0. The van der Waals surface area contributed by atoms with Crippen molar-refractivity contribution in [1.82, 2.24) is 10.2 Å². The first-order valence-electron chi connectivity index (χ1n) is 3.93. The average molecular weight is 176 g/mol. The van der Waals surface area contributed by atoms with Crippen LogP contribution in [0.2, 0.25) is 0 Å². The summed E-state index contributed by atoms with van der Waals surface area (Å²) in [6, 6.07) is 0. The first-order chi connectivity index (χ1) is 5.33. The number of thioether (sulfide) groups is 1. The van der Waals surface area contributed by atoms with Crippen LogP contribution in [0.1, 0.15) is 0 Å². The molecule has 0 unspecified atom stereocenters. The maximum atomic E-state index is 8.95. The zero-order chi connectivity index (χ0) is 8.10. The third-order valence-corrected chi connectivity index (χ3v) is 2.37. The van der Waals surface area contributed by atoms with Crippen molar-refractivity contribution in [2.24, 2.45) is 0 Å². The summed E-state index contributed by atoms with van der Waals surface area (Å²) in [7, 11) is 0. The Morgan fingerprint density at radius 3 is 2.91 bits per heavy atom. The normalized spacial score (nSPS) is 20.2. The van der Waals surface area contributed by atoms with E-state index in [-0.39, 0.29) is 6.10 Å². The van der Waals surface area contributed by atoms with Crippen molar-refractivity contribution in [2.75, 3.05) is 38.3 Å². The van der Waals surface area contributed by atoms with Crippen LogP contribution < -0.4 is 5.32 Å². The lowest BCUT2D eigenvalue weighted by molar-refractivity contribution is -0.00193. The largest absolute Gasteiger partial charge is 0.390 e.